The van der Waals surface area contributed by atoms with Gasteiger partial charge in [0.05, 0.1) is 17.9 Å². The molecule has 3 N–H and O–H groups in total. The van der Waals surface area contributed by atoms with Crippen molar-refractivity contribution in [1.29, 1.82) is 0 Å². The van der Waals surface area contributed by atoms with Gasteiger partial charge in [0, 0.05) is 0 Å². The van der Waals surface area contributed by atoms with Crippen molar-refractivity contribution in [2.45, 2.75) is 0 Å². The van der Waals surface area contributed by atoms with Crippen LogP contribution in [0, 0.1) is 0 Å². The minimum absolute atomic E-state index is 0. The second kappa shape index (κ2) is 4.75. The zero-order valence-electron chi connectivity index (χ0n) is 5.65. The second-order valence-corrected chi connectivity index (χ2v) is 1.64. The molecular weight excluding hydrogens is 172 g/mol. The molecule has 0 aliphatic rings. The molecule has 64 valence electrons. The van der Waals surface area contributed by atoms with E-state index in [9.17, 15) is 0 Å². The van der Waals surface area contributed by atoms with Gasteiger partial charge < -0.3 is 15.4 Å². The van der Waals surface area contributed by atoms with Crippen molar-refractivity contribution >= 4 is 18.3 Å². The van der Waals surface area contributed by atoms with Crippen molar-refractivity contribution in [3.8, 4) is 0 Å². The molecule has 11 heavy (non-hydrogen) atoms. The highest BCUT2D eigenvalue weighted by Crippen LogP contribution is 1.99. The first-order valence-corrected chi connectivity index (χ1v) is 2.78. The summed E-state index contributed by atoms with van der Waals surface area (Å²) >= 11 is 0. The van der Waals surface area contributed by atoms with Crippen molar-refractivity contribution in [2.24, 2.45) is 0 Å². The van der Waals surface area contributed by atoms with Crippen molar-refractivity contribution in [1.82, 2.24) is 5.27 Å². The molecule has 0 bridgehead atoms. The van der Waals surface area contributed by atoms with Gasteiger partial charge in [-0.2, -0.15) is 5.43 Å². The predicted octanol–water partition coefficient (Wildman–Crippen LogP) is -0.397. The molecule has 0 fully saturated rings. The highest BCUT2D eigenvalue weighted by atomic mass is 35.5. The third-order valence-electron chi connectivity index (χ3n) is 0.852. The Morgan fingerprint density at radius 2 is 2.55 bits per heavy atom. The summed E-state index contributed by atoms with van der Waals surface area (Å²) in [5.41, 5.74) is 9.56. The third kappa shape index (κ3) is 3.06. The van der Waals surface area contributed by atoms with E-state index in [0.29, 0.717) is 6.54 Å². The zero-order valence-corrected chi connectivity index (χ0v) is 6.47. The fraction of sp³-hybridized carbons (Fsp3) is 0.500. The number of aliphatic hydroxyl groups excluding tert-OH is 1. The average Bonchev–Trinajstić information content (AvgIpc) is 2.31. The Labute approximate surface area is 69.3 Å². The predicted molar refractivity (Wildman–Crippen MR) is 39.2 cm³/mol. The van der Waals surface area contributed by atoms with Crippen LogP contribution in [0.5, 0.6) is 0 Å². The SMILES string of the molecule is Cl.[NH-]c1c[n+](NCCO)no1. The molecule has 1 aromatic heterocycles. The van der Waals surface area contributed by atoms with E-state index in [0.717, 1.165) is 0 Å². The quantitative estimate of drug-likeness (QED) is 0.620. The molecule has 1 aromatic rings. The number of hydrogen-bond acceptors (Lipinski definition) is 4. The summed E-state index contributed by atoms with van der Waals surface area (Å²) in [6, 6.07) is 0. The summed E-state index contributed by atoms with van der Waals surface area (Å²) in [6.45, 7) is 0.407. The molecule has 1 rings (SSSR count). The third-order valence-corrected chi connectivity index (χ3v) is 0.852. The Morgan fingerprint density at radius 1 is 1.82 bits per heavy atom. The number of nitrogens with one attached hydrogen (secondary N) is 2. The smallest absolute Gasteiger partial charge is 0.256 e. The number of nitrogens with zero attached hydrogens (tertiary/aromatic N) is 2. The maximum absolute atomic E-state index is 8.35. The lowest BCUT2D eigenvalue weighted by molar-refractivity contribution is -0.719. The second-order valence-electron chi connectivity index (χ2n) is 1.64. The summed E-state index contributed by atoms with van der Waals surface area (Å²) in [5.74, 6) is -0.0227. The molecule has 0 radical (unpaired) electrons. The van der Waals surface area contributed by atoms with E-state index in [1.165, 1.54) is 11.0 Å². The van der Waals surface area contributed by atoms with Crippen LogP contribution in [0.4, 0.5) is 5.88 Å². The fourth-order valence-corrected chi connectivity index (χ4v) is 0.485. The van der Waals surface area contributed by atoms with Crippen molar-refractivity contribution < 1.29 is 14.4 Å². The van der Waals surface area contributed by atoms with Crippen molar-refractivity contribution in [3.05, 3.63) is 11.9 Å². The minimum Gasteiger partial charge on any atom is -0.660 e. The van der Waals surface area contributed by atoms with Crippen LogP contribution in [0.15, 0.2) is 10.7 Å². The van der Waals surface area contributed by atoms with Gasteiger partial charge in [-0.15, -0.1) is 12.4 Å². The van der Waals surface area contributed by atoms with Crippen LogP contribution in [0.2, 0.25) is 0 Å². The van der Waals surface area contributed by atoms with Gasteiger partial charge in [0.2, 0.25) is 5.27 Å². The lowest BCUT2D eigenvalue weighted by Crippen LogP contribution is -2.47. The zero-order chi connectivity index (χ0) is 7.40. The summed E-state index contributed by atoms with van der Waals surface area (Å²) in [5, 5.41) is 11.7. The van der Waals surface area contributed by atoms with E-state index < -0.39 is 0 Å². The lowest BCUT2D eigenvalue weighted by Gasteiger charge is -1.87. The molecule has 7 heteroatoms. The molecule has 6 nitrogen and oxygen atoms in total. The lowest BCUT2D eigenvalue weighted by atomic mass is 10.7. The average molecular weight is 181 g/mol. The van der Waals surface area contributed by atoms with Crippen LogP contribution in [0.1, 0.15) is 0 Å². The van der Waals surface area contributed by atoms with Gasteiger partial charge in [0.15, 0.2) is 0 Å². The van der Waals surface area contributed by atoms with Crippen molar-refractivity contribution in [3.63, 3.8) is 0 Å². The van der Waals surface area contributed by atoms with Gasteiger partial charge in [0.25, 0.3) is 6.20 Å². The maximum Gasteiger partial charge on any atom is 0.256 e. The Morgan fingerprint density at radius 3 is 3.00 bits per heavy atom. The van der Waals surface area contributed by atoms with Crippen LogP contribution >= 0.6 is 12.4 Å². The van der Waals surface area contributed by atoms with Gasteiger partial charge in [0.1, 0.15) is 5.88 Å². The molecule has 0 saturated heterocycles. The molecule has 0 aliphatic carbocycles. The Kier molecular flexibility index (Phi) is 4.32. The highest BCUT2D eigenvalue weighted by molar-refractivity contribution is 5.85. The largest absolute Gasteiger partial charge is 0.660 e. The molecule has 0 aliphatic heterocycles. The van der Waals surface area contributed by atoms with Gasteiger partial charge in [-0.05, 0) is 0 Å². The van der Waals surface area contributed by atoms with E-state index in [2.05, 4.69) is 15.2 Å². The maximum atomic E-state index is 8.35. The molecule has 0 atom stereocenters. The molecule has 0 saturated carbocycles. The van der Waals surface area contributed by atoms with E-state index >= 15 is 0 Å². The molecule has 1 heterocycles. The standard InChI is InChI=1S/C4H8N4O2.ClH/c5-4-3-8(7-10-4)6-1-2-9;/h3,5,9H,1-2H2,(H,6,7);1H. The number of hydrogen-bond donors (Lipinski definition) is 2. The van der Waals surface area contributed by atoms with E-state index in [1.807, 2.05) is 0 Å². The fourth-order valence-electron chi connectivity index (χ4n) is 0.485. The summed E-state index contributed by atoms with van der Waals surface area (Å²) in [6.07, 6.45) is 1.36. The van der Waals surface area contributed by atoms with Crippen LogP contribution in [0.3, 0.4) is 0 Å². The van der Waals surface area contributed by atoms with Crippen LogP contribution in [0.25, 0.3) is 5.73 Å². The van der Waals surface area contributed by atoms with Gasteiger partial charge in [-0.1, -0.05) is 0 Å². The summed E-state index contributed by atoms with van der Waals surface area (Å²) in [7, 11) is 0. The Balaban J connectivity index is 0.000001000. The van der Waals surface area contributed by atoms with Crippen LogP contribution < -0.4 is 10.2 Å². The van der Waals surface area contributed by atoms with E-state index in [4.69, 9.17) is 10.8 Å². The summed E-state index contributed by atoms with van der Waals surface area (Å²) in [4.78, 5) is 1.23. The molecule has 0 spiro atoms. The minimum atomic E-state index is -0.0227. The molecule has 0 aromatic carbocycles. The first kappa shape index (κ1) is 9.99. The van der Waals surface area contributed by atoms with E-state index in [1.54, 1.807) is 0 Å². The highest BCUT2D eigenvalue weighted by Gasteiger charge is 2.01. The monoisotopic (exact) mass is 180 g/mol. The Hall–Kier alpha value is -1.01. The van der Waals surface area contributed by atoms with Crippen LogP contribution in [-0.4, -0.2) is 23.5 Å². The summed E-state index contributed by atoms with van der Waals surface area (Å²) < 4.78 is 4.40. The number of aromatic nitrogens is 2. The van der Waals surface area contributed by atoms with Gasteiger partial charge >= 0.3 is 0 Å². The number of rotatable bonds is 3. The van der Waals surface area contributed by atoms with Crippen LogP contribution in [-0.2, 0) is 0 Å². The van der Waals surface area contributed by atoms with Gasteiger partial charge in [-0.3, -0.25) is 0 Å². The Bertz CT molecular complexity index is 204. The first-order valence-electron chi connectivity index (χ1n) is 2.78. The molecule has 0 unspecified atom stereocenters. The van der Waals surface area contributed by atoms with Crippen molar-refractivity contribution in [2.75, 3.05) is 18.6 Å². The molecule has 0 amide bonds. The normalized spacial score (nSPS) is 8.82. The van der Waals surface area contributed by atoms with E-state index in [-0.39, 0.29) is 24.9 Å². The topological polar surface area (TPSA) is 86.0 Å². The molecular formula is C4H9ClN4O2. The number of halogens is 1. The number of aliphatic hydroxyl groups is 1. The first-order chi connectivity index (χ1) is 4.83. The van der Waals surface area contributed by atoms with Gasteiger partial charge in [-0.25, -0.2) is 0 Å².